The summed E-state index contributed by atoms with van der Waals surface area (Å²) < 4.78 is 1.69. The fourth-order valence-electron chi connectivity index (χ4n) is 3.09. The molecule has 1 aromatic rings. The molecule has 1 aliphatic rings. The Bertz CT molecular complexity index is 356. The first-order chi connectivity index (χ1) is 8.72. The molecule has 18 heavy (non-hydrogen) atoms. The summed E-state index contributed by atoms with van der Waals surface area (Å²) in [6.07, 6.45) is 10.1. The van der Waals surface area contributed by atoms with E-state index in [2.05, 4.69) is 17.2 Å². The van der Waals surface area contributed by atoms with Crippen molar-refractivity contribution in [1.82, 2.24) is 15.0 Å². The number of hydrogen-bond donors (Lipinski definition) is 1. The third kappa shape index (κ3) is 3.10. The van der Waals surface area contributed by atoms with E-state index in [-0.39, 0.29) is 0 Å². The van der Waals surface area contributed by atoms with Crippen molar-refractivity contribution in [1.29, 1.82) is 0 Å². The van der Waals surface area contributed by atoms with Crippen molar-refractivity contribution >= 4 is 0 Å². The number of rotatable bonds is 5. The van der Waals surface area contributed by atoms with Crippen molar-refractivity contribution in [3.05, 3.63) is 11.9 Å². The number of aliphatic hydroxyl groups excluding tert-OH is 1. The number of aromatic nitrogens is 3. The van der Waals surface area contributed by atoms with Gasteiger partial charge in [-0.1, -0.05) is 44.2 Å². The van der Waals surface area contributed by atoms with Gasteiger partial charge in [0.25, 0.3) is 0 Å². The second-order valence-corrected chi connectivity index (χ2v) is 5.65. The van der Waals surface area contributed by atoms with Crippen LogP contribution in [0.25, 0.3) is 0 Å². The summed E-state index contributed by atoms with van der Waals surface area (Å²) in [5.74, 6) is 1.28. The molecule has 1 aromatic heterocycles. The van der Waals surface area contributed by atoms with Crippen LogP contribution in [0.3, 0.4) is 0 Å². The monoisotopic (exact) mass is 251 g/mol. The molecule has 1 N–H and O–H groups in total. The topological polar surface area (TPSA) is 50.9 Å². The van der Waals surface area contributed by atoms with Crippen LogP contribution < -0.4 is 0 Å². The fraction of sp³-hybridized carbons (Fsp3) is 0.857. The van der Waals surface area contributed by atoms with Crippen molar-refractivity contribution in [2.45, 2.75) is 58.0 Å². The van der Waals surface area contributed by atoms with Crippen LogP contribution in [0.1, 0.15) is 63.7 Å². The van der Waals surface area contributed by atoms with Crippen LogP contribution in [0.2, 0.25) is 0 Å². The number of unbranched alkanes of at least 4 members (excludes halogenated alkanes) is 1. The van der Waals surface area contributed by atoms with Crippen molar-refractivity contribution < 1.29 is 5.11 Å². The molecule has 1 heterocycles. The van der Waals surface area contributed by atoms with E-state index < -0.39 is 6.10 Å². The van der Waals surface area contributed by atoms with E-state index in [0.29, 0.717) is 5.92 Å². The minimum atomic E-state index is -0.392. The summed E-state index contributed by atoms with van der Waals surface area (Å²) in [5.41, 5.74) is 0.854. The van der Waals surface area contributed by atoms with Gasteiger partial charge in [0.1, 0.15) is 6.10 Å². The number of aryl methyl sites for hydroxylation is 1. The van der Waals surface area contributed by atoms with Crippen LogP contribution in [0, 0.1) is 11.8 Å². The second-order valence-electron chi connectivity index (χ2n) is 5.65. The van der Waals surface area contributed by atoms with E-state index in [4.69, 9.17) is 0 Å². The van der Waals surface area contributed by atoms with E-state index in [1.54, 1.807) is 10.9 Å². The molecule has 0 spiro atoms. The molecule has 4 nitrogen and oxygen atoms in total. The number of hydrogen-bond acceptors (Lipinski definition) is 3. The van der Waals surface area contributed by atoms with E-state index in [9.17, 15) is 5.11 Å². The Morgan fingerprint density at radius 1 is 1.39 bits per heavy atom. The smallest absolute Gasteiger partial charge is 0.100 e. The lowest BCUT2D eigenvalue weighted by atomic mass is 9.77. The lowest BCUT2D eigenvalue weighted by Crippen LogP contribution is -2.22. The maximum Gasteiger partial charge on any atom is 0.100 e. The zero-order chi connectivity index (χ0) is 13.0. The van der Waals surface area contributed by atoms with Crippen LogP contribution in [0.15, 0.2) is 6.20 Å². The van der Waals surface area contributed by atoms with Gasteiger partial charge in [0.2, 0.25) is 0 Å². The van der Waals surface area contributed by atoms with Gasteiger partial charge >= 0.3 is 0 Å². The predicted molar refractivity (Wildman–Crippen MR) is 70.9 cm³/mol. The summed E-state index contributed by atoms with van der Waals surface area (Å²) in [7, 11) is 1.85. The Balaban J connectivity index is 1.84. The third-order valence-electron chi connectivity index (χ3n) is 4.36. The van der Waals surface area contributed by atoms with Gasteiger partial charge < -0.3 is 5.11 Å². The molecule has 1 atom stereocenters. The van der Waals surface area contributed by atoms with Crippen molar-refractivity contribution in [3.8, 4) is 0 Å². The van der Waals surface area contributed by atoms with Gasteiger partial charge in [-0.2, -0.15) is 0 Å². The highest BCUT2D eigenvalue weighted by Gasteiger charge is 2.28. The fourth-order valence-corrected chi connectivity index (χ4v) is 3.09. The molecule has 0 radical (unpaired) electrons. The molecule has 4 heteroatoms. The molecular weight excluding hydrogens is 226 g/mol. The van der Waals surface area contributed by atoms with Gasteiger partial charge in [-0.15, -0.1) is 5.10 Å². The zero-order valence-electron chi connectivity index (χ0n) is 11.5. The van der Waals surface area contributed by atoms with E-state index in [0.717, 1.165) is 24.5 Å². The molecule has 1 unspecified atom stereocenters. The SMILES string of the molecule is CCCCC1CCC(C(O)c2cnnn2C)CC1. The summed E-state index contributed by atoms with van der Waals surface area (Å²) in [5, 5.41) is 18.1. The Labute approximate surface area is 109 Å². The first-order valence-electron chi connectivity index (χ1n) is 7.25. The average molecular weight is 251 g/mol. The largest absolute Gasteiger partial charge is 0.386 e. The Morgan fingerprint density at radius 2 is 2.11 bits per heavy atom. The normalized spacial score (nSPS) is 26.2. The first-order valence-corrected chi connectivity index (χ1v) is 7.25. The maximum atomic E-state index is 10.4. The molecule has 0 amide bonds. The Kier molecular flexibility index (Phi) is 4.75. The quantitative estimate of drug-likeness (QED) is 0.875. The molecular formula is C14H25N3O. The van der Waals surface area contributed by atoms with Crippen LogP contribution in [-0.4, -0.2) is 20.1 Å². The zero-order valence-corrected chi connectivity index (χ0v) is 11.5. The van der Waals surface area contributed by atoms with Crippen LogP contribution in [-0.2, 0) is 7.05 Å². The Hall–Kier alpha value is -0.900. The Morgan fingerprint density at radius 3 is 2.67 bits per heavy atom. The molecule has 0 aliphatic heterocycles. The first kappa shape index (κ1) is 13.5. The van der Waals surface area contributed by atoms with Crippen molar-refractivity contribution in [2.75, 3.05) is 0 Å². The van der Waals surface area contributed by atoms with Gasteiger partial charge in [-0.05, 0) is 24.7 Å². The van der Waals surface area contributed by atoms with Gasteiger partial charge in [-0.3, -0.25) is 0 Å². The minimum absolute atomic E-state index is 0.389. The average Bonchev–Trinajstić information content (AvgIpc) is 2.82. The van der Waals surface area contributed by atoms with E-state index >= 15 is 0 Å². The maximum absolute atomic E-state index is 10.4. The van der Waals surface area contributed by atoms with E-state index in [1.807, 2.05) is 7.05 Å². The standard InChI is InChI=1S/C14H25N3O/c1-3-4-5-11-6-8-12(9-7-11)14(18)13-10-15-16-17(13)2/h10-12,14,18H,3-9H2,1-2H3. The van der Waals surface area contributed by atoms with Crippen LogP contribution >= 0.6 is 0 Å². The lowest BCUT2D eigenvalue weighted by Gasteiger charge is -2.31. The molecule has 0 bridgehead atoms. The predicted octanol–water partition coefficient (Wildman–Crippen LogP) is 2.85. The molecule has 0 aromatic carbocycles. The lowest BCUT2D eigenvalue weighted by molar-refractivity contribution is 0.0656. The number of aliphatic hydroxyl groups is 1. The summed E-state index contributed by atoms with van der Waals surface area (Å²) >= 11 is 0. The van der Waals surface area contributed by atoms with Gasteiger partial charge in [0.15, 0.2) is 0 Å². The summed E-state index contributed by atoms with van der Waals surface area (Å²) in [6, 6.07) is 0. The van der Waals surface area contributed by atoms with Gasteiger partial charge in [0, 0.05) is 7.05 Å². The third-order valence-corrected chi connectivity index (χ3v) is 4.36. The van der Waals surface area contributed by atoms with Crippen molar-refractivity contribution in [3.63, 3.8) is 0 Å². The van der Waals surface area contributed by atoms with E-state index in [1.165, 1.54) is 32.1 Å². The molecule has 1 fully saturated rings. The number of nitrogens with zero attached hydrogens (tertiary/aromatic N) is 3. The molecule has 102 valence electrons. The highest BCUT2D eigenvalue weighted by Crippen LogP contribution is 2.38. The molecule has 1 aliphatic carbocycles. The van der Waals surface area contributed by atoms with Crippen LogP contribution in [0.5, 0.6) is 0 Å². The molecule has 0 saturated heterocycles. The van der Waals surface area contributed by atoms with Gasteiger partial charge in [0.05, 0.1) is 11.9 Å². The highest BCUT2D eigenvalue weighted by molar-refractivity contribution is 5.01. The van der Waals surface area contributed by atoms with Crippen molar-refractivity contribution in [2.24, 2.45) is 18.9 Å². The summed E-state index contributed by atoms with van der Waals surface area (Å²) in [6.45, 7) is 2.25. The molecule has 1 saturated carbocycles. The van der Waals surface area contributed by atoms with Crippen LogP contribution in [0.4, 0.5) is 0 Å². The van der Waals surface area contributed by atoms with Gasteiger partial charge in [-0.25, -0.2) is 4.68 Å². The second kappa shape index (κ2) is 6.32. The highest BCUT2D eigenvalue weighted by atomic mass is 16.3. The molecule has 2 rings (SSSR count). The minimum Gasteiger partial charge on any atom is -0.386 e. The summed E-state index contributed by atoms with van der Waals surface area (Å²) in [4.78, 5) is 0.